The standard InChI is InChI=1S/C10H19N3O2/c1-9(14)12-13(8-10(15)11-2)6-4-3-5-7-13/h3-8H2,1-2H3,(H-,11,12,14,15)/p+1. The fourth-order valence-corrected chi connectivity index (χ4v) is 2.11. The lowest BCUT2D eigenvalue weighted by Crippen LogP contribution is -2.64. The maximum atomic E-state index is 11.4. The second-order valence-electron chi connectivity index (χ2n) is 4.15. The van der Waals surface area contributed by atoms with E-state index in [9.17, 15) is 9.59 Å². The van der Waals surface area contributed by atoms with E-state index in [2.05, 4.69) is 10.7 Å². The Morgan fingerprint density at radius 1 is 1.20 bits per heavy atom. The van der Waals surface area contributed by atoms with Gasteiger partial charge in [0.15, 0.2) is 6.54 Å². The van der Waals surface area contributed by atoms with Crippen molar-refractivity contribution in [2.45, 2.75) is 26.2 Å². The Kier molecular flexibility index (Phi) is 4.08. The number of hydrogen-bond acceptors (Lipinski definition) is 2. The quantitative estimate of drug-likeness (QED) is 0.638. The largest absolute Gasteiger partial charge is 0.354 e. The molecule has 15 heavy (non-hydrogen) atoms. The lowest BCUT2D eigenvalue weighted by atomic mass is 10.1. The van der Waals surface area contributed by atoms with E-state index < -0.39 is 0 Å². The van der Waals surface area contributed by atoms with Gasteiger partial charge in [0.25, 0.3) is 11.8 Å². The van der Waals surface area contributed by atoms with E-state index in [-0.39, 0.29) is 11.8 Å². The van der Waals surface area contributed by atoms with Crippen molar-refractivity contribution >= 4 is 11.8 Å². The molecule has 5 heteroatoms. The van der Waals surface area contributed by atoms with Gasteiger partial charge < -0.3 is 5.32 Å². The number of hydrogen-bond donors (Lipinski definition) is 2. The van der Waals surface area contributed by atoms with E-state index in [4.69, 9.17) is 0 Å². The van der Waals surface area contributed by atoms with E-state index in [1.54, 1.807) is 7.05 Å². The van der Waals surface area contributed by atoms with Crippen LogP contribution in [0.4, 0.5) is 0 Å². The fraction of sp³-hybridized carbons (Fsp3) is 0.800. The molecule has 1 aliphatic heterocycles. The van der Waals surface area contributed by atoms with Crippen LogP contribution in [0.5, 0.6) is 0 Å². The van der Waals surface area contributed by atoms with Crippen LogP contribution in [-0.2, 0) is 9.59 Å². The van der Waals surface area contributed by atoms with Crippen molar-refractivity contribution in [3.05, 3.63) is 0 Å². The molecular weight excluding hydrogens is 194 g/mol. The van der Waals surface area contributed by atoms with Gasteiger partial charge in [-0.05, 0) is 19.3 Å². The van der Waals surface area contributed by atoms with Crippen LogP contribution in [0.25, 0.3) is 0 Å². The third-order valence-electron chi connectivity index (χ3n) is 2.79. The SMILES string of the molecule is CNC(=O)C[N+]1(NC(C)=O)CCCCC1. The smallest absolute Gasteiger partial charge is 0.277 e. The van der Waals surface area contributed by atoms with Crippen LogP contribution in [0.3, 0.4) is 0 Å². The number of carbonyl (C=O) groups excluding carboxylic acids is 2. The molecule has 86 valence electrons. The van der Waals surface area contributed by atoms with Crippen LogP contribution in [0, 0.1) is 0 Å². The zero-order chi connectivity index (χ0) is 11.3. The van der Waals surface area contributed by atoms with Gasteiger partial charge in [0, 0.05) is 14.0 Å². The minimum absolute atomic E-state index is 0.0225. The molecule has 0 aliphatic carbocycles. The number of likely N-dealkylation sites (tertiary alicyclic amines) is 1. The molecule has 0 aromatic heterocycles. The first-order valence-corrected chi connectivity index (χ1v) is 5.43. The molecular formula is C10H20N3O2+. The van der Waals surface area contributed by atoms with Gasteiger partial charge in [0.05, 0.1) is 0 Å². The zero-order valence-electron chi connectivity index (χ0n) is 9.51. The van der Waals surface area contributed by atoms with Gasteiger partial charge in [-0.1, -0.05) is 0 Å². The van der Waals surface area contributed by atoms with Crippen LogP contribution in [0.2, 0.25) is 0 Å². The summed E-state index contributed by atoms with van der Waals surface area (Å²) >= 11 is 0. The molecule has 1 rings (SSSR count). The van der Waals surface area contributed by atoms with Gasteiger partial charge in [0.2, 0.25) is 0 Å². The Hall–Kier alpha value is -1.10. The van der Waals surface area contributed by atoms with Crippen LogP contribution < -0.4 is 10.7 Å². The second-order valence-corrected chi connectivity index (χ2v) is 4.15. The number of likely N-dealkylation sites (N-methyl/N-ethyl adjacent to an activating group) is 1. The maximum Gasteiger partial charge on any atom is 0.277 e. The topological polar surface area (TPSA) is 58.2 Å². The summed E-state index contributed by atoms with van der Waals surface area (Å²) in [6.07, 6.45) is 3.32. The molecule has 0 bridgehead atoms. The third kappa shape index (κ3) is 3.51. The zero-order valence-corrected chi connectivity index (χ0v) is 9.51. The summed E-state index contributed by atoms with van der Waals surface area (Å²) in [5.74, 6) is -0.0912. The summed E-state index contributed by atoms with van der Waals surface area (Å²) in [5.41, 5.74) is 2.90. The number of nitrogens with zero attached hydrogens (tertiary/aromatic N) is 1. The Balaban J connectivity index is 2.65. The molecule has 5 nitrogen and oxygen atoms in total. The van der Waals surface area contributed by atoms with Crippen LogP contribution >= 0.6 is 0 Å². The molecule has 0 saturated carbocycles. The molecule has 1 fully saturated rings. The molecule has 0 aromatic rings. The number of quaternary nitrogens is 1. The number of nitrogens with one attached hydrogen (secondary N) is 2. The first-order chi connectivity index (χ1) is 7.08. The van der Waals surface area contributed by atoms with E-state index in [0.717, 1.165) is 25.9 Å². The van der Waals surface area contributed by atoms with Gasteiger partial charge in [-0.15, -0.1) is 0 Å². The average molecular weight is 214 g/mol. The van der Waals surface area contributed by atoms with Crippen LogP contribution in [-0.4, -0.2) is 43.1 Å². The number of carbonyl (C=O) groups is 2. The van der Waals surface area contributed by atoms with E-state index >= 15 is 0 Å². The predicted molar refractivity (Wildman–Crippen MR) is 56.6 cm³/mol. The normalized spacial score (nSPS) is 19.3. The van der Waals surface area contributed by atoms with E-state index in [1.165, 1.54) is 13.3 Å². The van der Waals surface area contributed by atoms with Crippen molar-refractivity contribution < 1.29 is 14.2 Å². The lowest BCUT2D eigenvalue weighted by Gasteiger charge is -2.39. The summed E-state index contributed by atoms with van der Waals surface area (Å²) in [5, 5.41) is 2.60. The van der Waals surface area contributed by atoms with Gasteiger partial charge in [0.1, 0.15) is 13.1 Å². The van der Waals surface area contributed by atoms with Crippen LogP contribution in [0.15, 0.2) is 0 Å². The molecule has 2 N–H and O–H groups in total. The van der Waals surface area contributed by atoms with Crippen LogP contribution in [0.1, 0.15) is 26.2 Å². The Morgan fingerprint density at radius 2 is 1.80 bits per heavy atom. The van der Waals surface area contributed by atoms with Crippen molar-refractivity contribution in [3.63, 3.8) is 0 Å². The maximum absolute atomic E-state index is 11.4. The summed E-state index contributed by atoms with van der Waals surface area (Å²) in [7, 11) is 1.62. The molecule has 1 heterocycles. The molecule has 2 amide bonds. The van der Waals surface area contributed by atoms with Gasteiger partial charge in [-0.2, -0.15) is 0 Å². The summed E-state index contributed by atoms with van der Waals surface area (Å²) in [6, 6.07) is 0. The molecule has 0 aromatic carbocycles. The highest BCUT2D eigenvalue weighted by Gasteiger charge is 2.33. The molecule has 0 spiro atoms. The van der Waals surface area contributed by atoms with E-state index in [0.29, 0.717) is 11.1 Å². The van der Waals surface area contributed by atoms with Crippen molar-refractivity contribution in [2.75, 3.05) is 26.7 Å². The van der Waals surface area contributed by atoms with Crippen molar-refractivity contribution in [2.24, 2.45) is 0 Å². The second kappa shape index (κ2) is 5.11. The monoisotopic (exact) mass is 214 g/mol. The van der Waals surface area contributed by atoms with E-state index in [1.807, 2.05) is 0 Å². The molecule has 0 radical (unpaired) electrons. The van der Waals surface area contributed by atoms with Crippen molar-refractivity contribution in [1.29, 1.82) is 0 Å². The number of amides is 2. The number of rotatable bonds is 3. The summed E-state index contributed by atoms with van der Waals surface area (Å²) in [4.78, 5) is 22.5. The highest BCUT2D eigenvalue weighted by atomic mass is 16.2. The average Bonchev–Trinajstić information content (AvgIpc) is 2.17. The lowest BCUT2D eigenvalue weighted by molar-refractivity contribution is -0.958. The Morgan fingerprint density at radius 3 is 2.27 bits per heavy atom. The summed E-state index contributed by atoms with van der Waals surface area (Å²) in [6.45, 7) is 3.55. The predicted octanol–water partition coefficient (Wildman–Crippen LogP) is -0.216. The fourth-order valence-electron chi connectivity index (χ4n) is 2.11. The molecule has 1 aliphatic rings. The third-order valence-corrected chi connectivity index (χ3v) is 2.79. The number of piperidine rings is 1. The van der Waals surface area contributed by atoms with Gasteiger partial charge in [-0.3, -0.25) is 9.59 Å². The minimum atomic E-state index is -0.0687. The summed E-state index contributed by atoms with van der Waals surface area (Å²) < 4.78 is 0.412. The molecule has 0 unspecified atom stereocenters. The molecule has 0 atom stereocenters. The highest BCUT2D eigenvalue weighted by molar-refractivity contribution is 5.77. The van der Waals surface area contributed by atoms with Gasteiger partial charge >= 0.3 is 0 Å². The first kappa shape index (κ1) is 12.0. The van der Waals surface area contributed by atoms with Crippen molar-refractivity contribution in [1.82, 2.24) is 10.7 Å². The Labute approximate surface area is 90.4 Å². The first-order valence-electron chi connectivity index (χ1n) is 5.43. The minimum Gasteiger partial charge on any atom is -0.354 e. The highest BCUT2D eigenvalue weighted by Crippen LogP contribution is 2.15. The van der Waals surface area contributed by atoms with Crippen molar-refractivity contribution in [3.8, 4) is 0 Å². The Bertz CT molecular complexity index is 247. The van der Waals surface area contributed by atoms with Gasteiger partial charge in [-0.25, -0.2) is 10.0 Å². The molecule has 1 saturated heterocycles.